The first-order valence-corrected chi connectivity index (χ1v) is 8.42. The maximum absolute atomic E-state index is 13.5. The predicted octanol–water partition coefficient (Wildman–Crippen LogP) is 3.61. The molecule has 2 N–H and O–H groups in total. The second-order valence-corrected chi connectivity index (χ2v) is 6.37. The lowest BCUT2D eigenvalue weighted by atomic mass is 10.1. The number of aromatic amines is 1. The van der Waals surface area contributed by atoms with Gasteiger partial charge in [0.2, 0.25) is 5.43 Å². The normalized spacial score (nSPS) is 12.4. The van der Waals surface area contributed by atoms with Crippen LogP contribution in [0.3, 0.4) is 0 Å². The summed E-state index contributed by atoms with van der Waals surface area (Å²) in [6.07, 6.45) is 0. The highest BCUT2D eigenvalue weighted by Crippen LogP contribution is 2.30. The lowest BCUT2D eigenvalue weighted by Crippen LogP contribution is -2.32. The van der Waals surface area contributed by atoms with Crippen molar-refractivity contribution in [2.45, 2.75) is 19.9 Å². The molecule has 0 spiro atoms. The third kappa shape index (κ3) is 2.87. The third-order valence-electron chi connectivity index (χ3n) is 4.57. The minimum absolute atomic E-state index is 0.222. The van der Waals surface area contributed by atoms with Crippen LogP contribution in [0.5, 0.6) is 0 Å². The zero-order valence-corrected chi connectivity index (χ0v) is 14.7. The molecule has 6 nitrogen and oxygen atoms in total. The van der Waals surface area contributed by atoms with Crippen molar-refractivity contribution < 1.29 is 13.6 Å². The van der Waals surface area contributed by atoms with Gasteiger partial charge in [-0.05, 0) is 44.2 Å². The fourth-order valence-corrected chi connectivity index (χ4v) is 3.18. The Morgan fingerprint density at radius 3 is 2.81 bits per heavy atom. The van der Waals surface area contributed by atoms with Gasteiger partial charge < -0.3 is 9.73 Å². The van der Waals surface area contributed by atoms with E-state index in [0.717, 1.165) is 5.56 Å². The number of benzene rings is 2. The number of carbonyl (C=O) groups is 1. The maximum atomic E-state index is 13.5. The quantitative estimate of drug-likeness (QED) is 0.581. The van der Waals surface area contributed by atoms with Gasteiger partial charge in [0, 0.05) is 16.3 Å². The van der Waals surface area contributed by atoms with E-state index >= 15 is 0 Å². The molecule has 4 aromatic rings. The van der Waals surface area contributed by atoms with Crippen molar-refractivity contribution in [3.63, 3.8) is 0 Å². The first kappa shape index (κ1) is 17.0. The molecule has 0 saturated carbocycles. The van der Waals surface area contributed by atoms with E-state index in [9.17, 15) is 14.0 Å². The molecule has 4 rings (SSSR count). The summed E-state index contributed by atoms with van der Waals surface area (Å²) in [6, 6.07) is 10.6. The Hall–Kier alpha value is -3.48. The van der Waals surface area contributed by atoms with Crippen LogP contribution >= 0.6 is 0 Å². The van der Waals surface area contributed by atoms with Gasteiger partial charge in [0.25, 0.3) is 5.91 Å². The molecular weight excluding hydrogens is 349 g/mol. The molecule has 2 heterocycles. The number of amides is 1. The van der Waals surface area contributed by atoms with E-state index in [4.69, 9.17) is 4.42 Å². The number of rotatable bonds is 3. The van der Waals surface area contributed by atoms with E-state index in [1.54, 1.807) is 44.2 Å². The number of aromatic nitrogens is 2. The molecule has 0 aliphatic carbocycles. The Kier molecular flexibility index (Phi) is 3.99. The second kappa shape index (κ2) is 6.35. The summed E-state index contributed by atoms with van der Waals surface area (Å²) >= 11 is 0. The van der Waals surface area contributed by atoms with Crippen molar-refractivity contribution in [2.75, 3.05) is 0 Å². The highest BCUT2D eigenvalue weighted by atomic mass is 19.1. The molecular formula is C20H16FN3O3. The number of para-hydroxylation sites is 1. The van der Waals surface area contributed by atoms with E-state index in [1.807, 2.05) is 0 Å². The minimum Gasteiger partial charge on any atom is -0.459 e. The first-order valence-electron chi connectivity index (χ1n) is 8.42. The zero-order valence-electron chi connectivity index (χ0n) is 14.7. The number of halogens is 1. The lowest BCUT2D eigenvalue weighted by molar-refractivity contribution is 0.0928. The van der Waals surface area contributed by atoms with E-state index in [0.29, 0.717) is 27.6 Å². The first-order chi connectivity index (χ1) is 13.0. The van der Waals surface area contributed by atoms with Crippen molar-refractivity contribution in [3.05, 3.63) is 75.5 Å². The predicted molar refractivity (Wildman–Crippen MR) is 99.2 cm³/mol. The summed E-state index contributed by atoms with van der Waals surface area (Å²) in [4.78, 5) is 25.1. The number of hydrogen-bond donors (Lipinski definition) is 2. The van der Waals surface area contributed by atoms with Gasteiger partial charge in [-0.3, -0.25) is 14.7 Å². The maximum Gasteiger partial charge on any atom is 0.276 e. The number of H-pyrrole nitrogens is 1. The highest BCUT2D eigenvalue weighted by Gasteiger charge is 2.22. The van der Waals surface area contributed by atoms with Crippen LogP contribution in [0, 0.1) is 12.7 Å². The van der Waals surface area contributed by atoms with Crippen LogP contribution < -0.4 is 10.7 Å². The van der Waals surface area contributed by atoms with Crippen molar-refractivity contribution >= 4 is 27.8 Å². The molecule has 0 aliphatic heterocycles. The summed E-state index contributed by atoms with van der Waals surface area (Å²) < 4.78 is 19.2. The van der Waals surface area contributed by atoms with Crippen LogP contribution in [-0.2, 0) is 0 Å². The van der Waals surface area contributed by atoms with Gasteiger partial charge in [-0.25, -0.2) is 4.39 Å². The fraction of sp³-hybridized carbons (Fsp3) is 0.150. The van der Waals surface area contributed by atoms with Crippen molar-refractivity contribution in [1.29, 1.82) is 0 Å². The van der Waals surface area contributed by atoms with Gasteiger partial charge in [0.05, 0.1) is 11.6 Å². The summed E-state index contributed by atoms with van der Waals surface area (Å²) in [5, 5.41) is 10.4. The van der Waals surface area contributed by atoms with Crippen LogP contribution in [0.2, 0.25) is 0 Å². The third-order valence-corrected chi connectivity index (χ3v) is 4.57. The average molecular weight is 365 g/mol. The van der Waals surface area contributed by atoms with Crippen LogP contribution in [0.25, 0.3) is 21.9 Å². The smallest absolute Gasteiger partial charge is 0.276 e. The van der Waals surface area contributed by atoms with Crippen molar-refractivity contribution in [1.82, 2.24) is 15.5 Å². The molecule has 136 valence electrons. The Bertz CT molecular complexity index is 1240. The van der Waals surface area contributed by atoms with Gasteiger partial charge in [-0.2, -0.15) is 5.10 Å². The fourth-order valence-electron chi connectivity index (χ4n) is 3.18. The molecule has 27 heavy (non-hydrogen) atoms. The number of nitrogens with one attached hydrogen (secondary N) is 2. The number of hydrogen-bond acceptors (Lipinski definition) is 4. The van der Waals surface area contributed by atoms with Gasteiger partial charge in [-0.15, -0.1) is 0 Å². The van der Waals surface area contributed by atoms with Gasteiger partial charge in [0.1, 0.15) is 17.2 Å². The molecule has 0 bridgehead atoms. The average Bonchev–Trinajstić information content (AvgIpc) is 2.98. The van der Waals surface area contributed by atoms with E-state index < -0.39 is 17.4 Å². The molecule has 0 fully saturated rings. The Morgan fingerprint density at radius 1 is 1.22 bits per heavy atom. The number of fused-ring (bicyclic) bond motifs is 2. The van der Waals surface area contributed by atoms with Crippen molar-refractivity contribution in [3.8, 4) is 0 Å². The monoisotopic (exact) mass is 365 g/mol. The number of carbonyl (C=O) groups excluding carboxylic acids is 1. The molecule has 0 aliphatic rings. The molecule has 2 aromatic heterocycles. The van der Waals surface area contributed by atoms with Gasteiger partial charge >= 0.3 is 0 Å². The molecule has 0 saturated heterocycles. The molecule has 7 heteroatoms. The second-order valence-electron chi connectivity index (χ2n) is 6.37. The molecule has 1 atom stereocenters. The minimum atomic E-state index is -0.611. The Balaban J connectivity index is 1.66. The number of aryl methyl sites for hydroxylation is 1. The van der Waals surface area contributed by atoms with E-state index in [2.05, 4.69) is 15.5 Å². The number of nitrogens with zero attached hydrogens (tertiary/aromatic N) is 1. The molecule has 1 amide bonds. The Morgan fingerprint density at radius 2 is 2.00 bits per heavy atom. The summed E-state index contributed by atoms with van der Waals surface area (Å²) in [5.74, 6) is -0.469. The van der Waals surface area contributed by atoms with Crippen LogP contribution in [0.15, 0.2) is 51.7 Å². The van der Waals surface area contributed by atoms with Crippen LogP contribution in [0.4, 0.5) is 4.39 Å². The highest BCUT2D eigenvalue weighted by molar-refractivity contribution is 5.95. The summed E-state index contributed by atoms with van der Waals surface area (Å²) in [7, 11) is 0. The molecule has 1 unspecified atom stereocenters. The molecule has 2 aromatic carbocycles. The van der Waals surface area contributed by atoms with Crippen LogP contribution in [0.1, 0.15) is 34.8 Å². The summed E-state index contributed by atoms with van der Waals surface area (Å²) in [5.41, 5.74) is 1.16. The van der Waals surface area contributed by atoms with Gasteiger partial charge in [-0.1, -0.05) is 12.1 Å². The molecule has 0 radical (unpaired) electrons. The number of furan rings is 1. The van der Waals surface area contributed by atoms with Crippen molar-refractivity contribution in [2.24, 2.45) is 0 Å². The standard InChI is InChI=1S/C20H16FN3O3/c1-10-14-9-12(21)7-8-16(14)27-19(10)11(2)22-20(26)17-18(25)13-5-3-4-6-15(13)23-24-17/h3-9,11H,1-2H3,(H,22,26)(H,23,25). The lowest BCUT2D eigenvalue weighted by Gasteiger charge is -2.12. The Labute approximate surface area is 153 Å². The van der Waals surface area contributed by atoms with E-state index in [-0.39, 0.29) is 11.5 Å². The summed E-state index contributed by atoms with van der Waals surface area (Å²) in [6.45, 7) is 3.53. The van der Waals surface area contributed by atoms with Gasteiger partial charge in [0.15, 0.2) is 5.69 Å². The largest absolute Gasteiger partial charge is 0.459 e. The topological polar surface area (TPSA) is 88.0 Å². The SMILES string of the molecule is Cc1c(C(C)NC(=O)c2n[nH]c3ccccc3c2=O)oc2ccc(F)cc12. The van der Waals surface area contributed by atoms with Crippen LogP contribution in [-0.4, -0.2) is 16.1 Å². The zero-order chi connectivity index (χ0) is 19.1. The van der Waals surface area contributed by atoms with E-state index in [1.165, 1.54) is 12.1 Å².